The number of anilines is 1. The second-order valence-electron chi connectivity index (χ2n) is 5.56. The Balaban J connectivity index is 1.90. The molecule has 2 unspecified atom stereocenters. The Hall–Kier alpha value is -1.24. The molecule has 3 rings (SSSR count). The Morgan fingerprint density at radius 2 is 2.23 bits per heavy atom. The molecule has 1 aliphatic rings. The Kier molecular flexibility index (Phi) is 4.61. The molecule has 0 N–H and O–H groups in total. The highest BCUT2D eigenvalue weighted by atomic mass is 79.9. The first kappa shape index (κ1) is 15.6. The van der Waals surface area contributed by atoms with Crippen molar-refractivity contribution in [2.75, 3.05) is 31.7 Å². The lowest BCUT2D eigenvalue weighted by Gasteiger charge is -2.37. The summed E-state index contributed by atoms with van der Waals surface area (Å²) in [4.78, 5) is 6.76. The van der Waals surface area contributed by atoms with E-state index in [2.05, 4.69) is 25.8 Å². The second-order valence-corrected chi connectivity index (χ2v) is 6.41. The SMILES string of the molecule is COCC1CN(c2ccc3cc(Br)c(F)cc3n2)CC(C)O1. The van der Waals surface area contributed by atoms with E-state index in [-0.39, 0.29) is 18.0 Å². The third kappa shape index (κ3) is 3.24. The minimum Gasteiger partial charge on any atom is -0.382 e. The lowest BCUT2D eigenvalue weighted by Crippen LogP contribution is -2.48. The highest BCUT2D eigenvalue weighted by Crippen LogP contribution is 2.26. The minimum atomic E-state index is -0.301. The van der Waals surface area contributed by atoms with Gasteiger partial charge in [-0.1, -0.05) is 0 Å². The molecule has 22 heavy (non-hydrogen) atoms. The smallest absolute Gasteiger partial charge is 0.139 e. The minimum absolute atomic E-state index is 0.0212. The number of rotatable bonds is 3. The fourth-order valence-electron chi connectivity index (χ4n) is 2.79. The van der Waals surface area contributed by atoms with Crippen molar-refractivity contribution >= 4 is 32.7 Å². The van der Waals surface area contributed by atoms with Crippen LogP contribution in [0.2, 0.25) is 0 Å². The monoisotopic (exact) mass is 368 g/mol. The van der Waals surface area contributed by atoms with Gasteiger partial charge >= 0.3 is 0 Å². The predicted molar refractivity (Wildman–Crippen MR) is 87.8 cm³/mol. The van der Waals surface area contributed by atoms with Crippen LogP contribution in [-0.2, 0) is 9.47 Å². The summed E-state index contributed by atoms with van der Waals surface area (Å²) >= 11 is 3.20. The van der Waals surface area contributed by atoms with Crippen LogP contribution < -0.4 is 4.90 Å². The van der Waals surface area contributed by atoms with Crippen LogP contribution in [0.3, 0.4) is 0 Å². The van der Waals surface area contributed by atoms with Gasteiger partial charge in [-0.05, 0) is 41.1 Å². The van der Waals surface area contributed by atoms with Crippen molar-refractivity contribution in [1.29, 1.82) is 0 Å². The van der Waals surface area contributed by atoms with Crippen molar-refractivity contribution < 1.29 is 13.9 Å². The molecule has 0 spiro atoms. The third-order valence-corrected chi connectivity index (χ3v) is 4.33. The molecule has 4 nitrogen and oxygen atoms in total. The number of ether oxygens (including phenoxy) is 2. The average Bonchev–Trinajstić information content (AvgIpc) is 2.48. The number of methoxy groups -OCH3 is 1. The molecule has 0 saturated carbocycles. The van der Waals surface area contributed by atoms with E-state index in [1.807, 2.05) is 19.1 Å². The first-order chi connectivity index (χ1) is 10.6. The van der Waals surface area contributed by atoms with E-state index >= 15 is 0 Å². The summed E-state index contributed by atoms with van der Waals surface area (Å²) in [5.41, 5.74) is 0.653. The van der Waals surface area contributed by atoms with Gasteiger partial charge in [-0.15, -0.1) is 0 Å². The van der Waals surface area contributed by atoms with Crippen molar-refractivity contribution in [2.24, 2.45) is 0 Å². The fourth-order valence-corrected chi connectivity index (χ4v) is 3.15. The first-order valence-corrected chi connectivity index (χ1v) is 8.01. The molecule has 1 saturated heterocycles. The topological polar surface area (TPSA) is 34.6 Å². The molecular weight excluding hydrogens is 351 g/mol. The summed E-state index contributed by atoms with van der Waals surface area (Å²) < 4.78 is 25.2. The molecule has 2 heterocycles. The van der Waals surface area contributed by atoms with Crippen molar-refractivity contribution in [3.63, 3.8) is 0 Å². The molecule has 0 radical (unpaired) electrons. The van der Waals surface area contributed by atoms with Crippen LogP contribution in [0.1, 0.15) is 6.92 Å². The molecular formula is C16H18BrFN2O2. The van der Waals surface area contributed by atoms with Crippen LogP contribution in [-0.4, -0.2) is 44.0 Å². The number of hydrogen-bond acceptors (Lipinski definition) is 4. The zero-order valence-corrected chi connectivity index (χ0v) is 14.1. The van der Waals surface area contributed by atoms with Gasteiger partial charge in [-0.2, -0.15) is 0 Å². The summed E-state index contributed by atoms with van der Waals surface area (Å²) in [5, 5.41) is 0.909. The van der Waals surface area contributed by atoms with E-state index in [9.17, 15) is 4.39 Å². The lowest BCUT2D eigenvalue weighted by atomic mass is 10.2. The van der Waals surface area contributed by atoms with E-state index in [1.165, 1.54) is 6.07 Å². The molecule has 0 amide bonds. The van der Waals surface area contributed by atoms with Gasteiger partial charge in [0.2, 0.25) is 0 Å². The normalized spacial score (nSPS) is 22.3. The number of pyridine rings is 1. The van der Waals surface area contributed by atoms with Crippen molar-refractivity contribution in [2.45, 2.75) is 19.1 Å². The van der Waals surface area contributed by atoms with Gasteiger partial charge in [-0.25, -0.2) is 9.37 Å². The summed E-state index contributed by atoms with van der Waals surface area (Å²) in [5.74, 6) is 0.537. The standard InChI is InChI=1S/C16H18BrFN2O2/c1-10-7-20(8-12(22-10)9-21-2)16-4-3-11-5-13(17)14(18)6-15(11)19-16/h3-6,10,12H,7-9H2,1-2H3. The number of fused-ring (bicyclic) bond motifs is 1. The largest absolute Gasteiger partial charge is 0.382 e. The van der Waals surface area contributed by atoms with E-state index in [0.717, 1.165) is 24.3 Å². The van der Waals surface area contributed by atoms with Gasteiger partial charge in [-0.3, -0.25) is 0 Å². The maximum atomic E-state index is 13.7. The maximum Gasteiger partial charge on any atom is 0.139 e. The number of hydrogen-bond donors (Lipinski definition) is 0. The van der Waals surface area contributed by atoms with Gasteiger partial charge in [0, 0.05) is 31.7 Å². The van der Waals surface area contributed by atoms with Gasteiger partial charge in [0.05, 0.1) is 28.8 Å². The number of nitrogens with zero attached hydrogens (tertiary/aromatic N) is 2. The number of morpholine rings is 1. The van der Waals surface area contributed by atoms with E-state index < -0.39 is 0 Å². The zero-order valence-electron chi connectivity index (χ0n) is 12.6. The molecule has 2 aromatic rings. The van der Waals surface area contributed by atoms with E-state index in [0.29, 0.717) is 16.6 Å². The second kappa shape index (κ2) is 6.48. The number of aromatic nitrogens is 1. The van der Waals surface area contributed by atoms with Crippen LogP contribution in [0, 0.1) is 5.82 Å². The molecule has 0 aliphatic carbocycles. The van der Waals surface area contributed by atoms with Crippen LogP contribution in [0.4, 0.5) is 10.2 Å². The average molecular weight is 369 g/mol. The summed E-state index contributed by atoms with van der Waals surface area (Å²) in [6.07, 6.45) is 0.126. The quantitative estimate of drug-likeness (QED) is 0.831. The summed E-state index contributed by atoms with van der Waals surface area (Å²) in [7, 11) is 1.67. The zero-order chi connectivity index (χ0) is 15.7. The van der Waals surface area contributed by atoms with Crippen LogP contribution >= 0.6 is 15.9 Å². The molecule has 1 fully saturated rings. The molecule has 2 atom stereocenters. The molecule has 118 valence electrons. The van der Waals surface area contributed by atoms with Crippen molar-refractivity contribution in [3.8, 4) is 0 Å². The molecule has 1 aromatic heterocycles. The third-order valence-electron chi connectivity index (χ3n) is 3.72. The Morgan fingerprint density at radius 1 is 1.41 bits per heavy atom. The summed E-state index contributed by atoms with van der Waals surface area (Å²) in [6, 6.07) is 7.14. The lowest BCUT2D eigenvalue weighted by molar-refractivity contribution is -0.0512. The van der Waals surface area contributed by atoms with E-state index in [4.69, 9.17) is 9.47 Å². The van der Waals surface area contributed by atoms with E-state index in [1.54, 1.807) is 13.2 Å². The van der Waals surface area contributed by atoms with Gasteiger partial charge in [0.25, 0.3) is 0 Å². The highest BCUT2D eigenvalue weighted by molar-refractivity contribution is 9.10. The van der Waals surface area contributed by atoms with Crippen LogP contribution in [0.5, 0.6) is 0 Å². The fraction of sp³-hybridized carbons (Fsp3) is 0.438. The molecule has 6 heteroatoms. The first-order valence-electron chi connectivity index (χ1n) is 7.22. The molecule has 0 bridgehead atoms. The highest BCUT2D eigenvalue weighted by Gasteiger charge is 2.26. The van der Waals surface area contributed by atoms with Crippen LogP contribution in [0.15, 0.2) is 28.7 Å². The van der Waals surface area contributed by atoms with Crippen LogP contribution in [0.25, 0.3) is 10.9 Å². The van der Waals surface area contributed by atoms with Gasteiger partial charge in [0.15, 0.2) is 0 Å². The maximum absolute atomic E-state index is 13.7. The Morgan fingerprint density at radius 3 is 3.00 bits per heavy atom. The molecule has 1 aliphatic heterocycles. The number of benzene rings is 1. The Bertz CT molecular complexity index is 682. The predicted octanol–water partition coefficient (Wildman–Crippen LogP) is 3.38. The van der Waals surface area contributed by atoms with Gasteiger partial charge < -0.3 is 14.4 Å². The van der Waals surface area contributed by atoms with Crippen molar-refractivity contribution in [1.82, 2.24) is 4.98 Å². The summed E-state index contributed by atoms with van der Waals surface area (Å²) in [6.45, 7) is 4.07. The van der Waals surface area contributed by atoms with Crippen molar-refractivity contribution in [3.05, 3.63) is 34.6 Å². The number of halogens is 2. The Labute approximate surface area is 137 Å². The molecule has 1 aromatic carbocycles. The van der Waals surface area contributed by atoms with Gasteiger partial charge in [0.1, 0.15) is 11.6 Å².